The Labute approximate surface area is 140 Å². The van der Waals surface area contributed by atoms with Crippen LogP contribution < -0.4 is 5.32 Å². The van der Waals surface area contributed by atoms with E-state index in [1.54, 1.807) is 12.5 Å². The van der Waals surface area contributed by atoms with Crippen molar-refractivity contribution >= 4 is 17.8 Å². The van der Waals surface area contributed by atoms with Gasteiger partial charge in [-0.05, 0) is 13.3 Å². The van der Waals surface area contributed by atoms with Crippen LogP contribution in [-0.2, 0) is 30.4 Å². The summed E-state index contributed by atoms with van der Waals surface area (Å²) in [5.74, 6) is -1.23. The smallest absolute Gasteiger partial charge is 0.333 e. The number of aromatic nitrogens is 2. The SMILES string of the molecule is C=C(C)C(=O)OCCOC(=O)CCC(=O)NCCCn1ccnc1. The second-order valence-electron chi connectivity index (χ2n) is 5.14. The van der Waals surface area contributed by atoms with Gasteiger partial charge in [0.15, 0.2) is 0 Å². The summed E-state index contributed by atoms with van der Waals surface area (Å²) in [6.07, 6.45) is 6.10. The maximum absolute atomic E-state index is 11.6. The summed E-state index contributed by atoms with van der Waals surface area (Å²) < 4.78 is 11.6. The Kier molecular flexibility index (Phi) is 8.88. The van der Waals surface area contributed by atoms with Gasteiger partial charge in [-0.3, -0.25) is 9.59 Å². The van der Waals surface area contributed by atoms with Crippen molar-refractivity contribution in [3.05, 3.63) is 30.9 Å². The zero-order valence-corrected chi connectivity index (χ0v) is 13.8. The van der Waals surface area contributed by atoms with Crippen LogP contribution in [0, 0.1) is 0 Å². The van der Waals surface area contributed by atoms with Gasteiger partial charge < -0.3 is 19.4 Å². The van der Waals surface area contributed by atoms with Gasteiger partial charge >= 0.3 is 11.9 Å². The average molecular weight is 337 g/mol. The van der Waals surface area contributed by atoms with E-state index >= 15 is 0 Å². The van der Waals surface area contributed by atoms with Gasteiger partial charge in [-0.1, -0.05) is 6.58 Å². The van der Waals surface area contributed by atoms with Crippen LogP contribution in [0.15, 0.2) is 30.9 Å². The predicted molar refractivity (Wildman–Crippen MR) is 85.8 cm³/mol. The Morgan fingerprint density at radius 2 is 1.96 bits per heavy atom. The van der Waals surface area contributed by atoms with Crippen molar-refractivity contribution in [1.82, 2.24) is 14.9 Å². The van der Waals surface area contributed by atoms with Crippen LogP contribution in [0.5, 0.6) is 0 Å². The monoisotopic (exact) mass is 337 g/mol. The summed E-state index contributed by atoms with van der Waals surface area (Å²) in [6, 6.07) is 0. The molecule has 0 saturated carbocycles. The number of imidazole rings is 1. The molecule has 0 aliphatic carbocycles. The fourth-order valence-corrected chi connectivity index (χ4v) is 1.70. The molecule has 1 N–H and O–H groups in total. The molecule has 0 unspecified atom stereocenters. The van der Waals surface area contributed by atoms with Gasteiger partial charge in [0.2, 0.25) is 5.91 Å². The van der Waals surface area contributed by atoms with Crippen LogP contribution >= 0.6 is 0 Å². The van der Waals surface area contributed by atoms with Crippen LogP contribution in [-0.4, -0.2) is 47.2 Å². The fourth-order valence-electron chi connectivity index (χ4n) is 1.70. The highest BCUT2D eigenvalue weighted by atomic mass is 16.6. The van der Waals surface area contributed by atoms with E-state index in [0.29, 0.717) is 6.54 Å². The highest BCUT2D eigenvalue weighted by Crippen LogP contribution is 1.96. The van der Waals surface area contributed by atoms with Crippen molar-refractivity contribution in [2.24, 2.45) is 0 Å². The van der Waals surface area contributed by atoms with Gasteiger partial charge in [-0.25, -0.2) is 9.78 Å². The minimum atomic E-state index is -0.527. The van der Waals surface area contributed by atoms with Crippen LogP contribution in [0.4, 0.5) is 0 Å². The second kappa shape index (κ2) is 11.0. The van der Waals surface area contributed by atoms with E-state index in [4.69, 9.17) is 9.47 Å². The number of hydrogen-bond acceptors (Lipinski definition) is 6. The first-order valence-corrected chi connectivity index (χ1v) is 7.69. The largest absolute Gasteiger partial charge is 0.462 e. The van der Waals surface area contributed by atoms with E-state index in [1.807, 2.05) is 10.8 Å². The minimum absolute atomic E-state index is 0.0121. The van der Waals surface area contributed by atoms with E-state index in [-0.39, 0.29) is 37.5 Å². The predicted octanol–water partition coefficient (Wildman–Crippen LogP) is 0.832. The van der Waals surface area contributed by atoms with E-state index in [0.717, 1.165) is 13.0 Å². The first kappa shape index (κ1) is 19.4. The second-order valence-corrected chi connectivity index (χ2v) is 5.14. The number of carbonyl (C=O) groups is 3. The average Bonchev–Trinajstić information content (AvgIpc) is 3.06. The first-order chi connectivity index (χ1) is 11.5. The van der Waals surface area contributed by atoms with Gasteiger partial charge in [0.1, 0.15) is 13.2 Å². The zero-order chi connectivity index (χ0) is 17.8. The molecule has 1 heterocycles. The number of ether oxygens (including phenoxy) is 2. The lowest BCUT2D eigenvalue weighted by Gasteiger charge is -2.07. The summed E-state index contributed by atoms with van der Waals surface area (Å²) in [7, 11) is 0. The van der Waals surface area contributed by atoms with Crippen molar-refractivity contribution in [3.63, 3.8) is 0 Å². The Morgan fingerprint density at radius 1 is 1.21 bits per heavy atom. The number of hydrogen-bond donors (Lipinski definition) is 1. The number of nitrogens with zero attached hydrogens (tertiary/aromatic N) is 2. The maximum atomic E-state index is 11.6. The quantitative estimate of drug-likeness (QED) is 0.365. The lowest BCUT2D eigenvalue weighted by atomic mass is 10.3. The summed E-state index contributed by atoms with van der Waals surface area (Å²) in [4.78, 5) is 38.0. The number of esters is 2. The van der Waals surface area contributed by atoms with Crippen LogP contribution in [0.3, 0.4) is 0 Å². The molecular weight excluding hydrogens is 314 g/mol. The molecular formula is C16H23N3O5. The third kappa shape index (κ3) is 8.72. The van der Waals surface area contributed by atoms with Crippen molar-refractivity contribution in [1.29, 1.82) is 0 Å². The van der Waals surface area contributed by atoms with Gasteiger partial charge in [-0.2, -0.15) is 0 Å². The van der Waals surface area contributed by atoms with Crippen LogP contribution in [0.2, 0.25) is 0 Å². The summed E-state index contributed by atoms with van der Waals surface area (Å²) >= 11 is 0. The number of nitrogens with one attached hydrogen (secondary N) is 1. The number of amides is 1. The first-order valence-electron chi connectivity index (χ1n) is 7.69. The molecule has 1 aromatic heterocycles. The molecule has 8 nitrogen and oxygen atoms in total. The number of aryl methyl sites for hydroxylation is 1. The molecule has 0 bridgehead atoms. The molecule has 0 aliphatic heterocycles. The molecule has 1 aromatic rings. The topological polar surface area (TPSA) is 99.5 Å². The lowest BCUT2D eigenvalue weighted by Crippen LogP contribution is -2.26. The van der Waals surface area contributed by atoms with Gasteiger partial charge in [0.25, 0.3) is 0 Å². The Morgan fingerprint density at radius 3 is 2.62 bits per heavy atom. The Hall–Kier alpha value is -2.64. The third-order valence-corrected chi connectivity index (χ3v) is 2.96. The molecule has 132 valence electrons. The minimum Gasteiger partial charge on any atom is -0.462 e. The molecule has 0 atom stereocenters. The standard InChI is InChI=1S/C16H23N3O5/c1-13(2)16(22)24-11-10-23-15(21)5-4-14(20)18-6-3-8-19-9-7-17-12-19/h7,9,12H,1,3-6,8,10-11H2,2H3,(H,18,20). The van der Waals surface area contributed by atoms with Crippen molar-refractivity contribution < 1.29 is 23.9 Å². The third-order valence-electron chi connectivity index (χ3n) is 2.96. The normalized spacial score (nSPS) is 10.0. The Balaban J connectivity index is 1.99. The van der Waals surface area contributed by atoms with E-state index in [9.17, 15) is 14.4 Å². The molecule has 0 saturated heterocycles. The molecule has 1 amide bonds. The van der Waals surface area contributed by atoms with Gasteiger partial charge in [-0.15, -0.1) is 0 Å². The van der Waals surface area contributed by atoms with Crippen LogP contribution in [0.25, 0.3) is 0 Å². The molecule has 0 aromatic carbocycles. The summed E-state index contributed by atoms with van der Waals surface area (Å²) in [5, 5.41) is 2.74. The molecule has 0 aliphatic rings. The number of carbonyl (C=O) groups excluding carboxylic acids is 3. The lowest BCUT2D eigenvalue weighted by molar-refractivity contribution is -0.150. The molecule has 1 rings (SSSR count). The van der Waals surface area contributed by atoms with E-state index in [2.05, 4.69) is 16.9 Å². The fraction of sp³-hybridized carbons (Fsp3) is 0.500. The molecule has 0 fully saturated rings. The maximum Gasteiger partial charge on any atom is 0.333 e. The molecule has 0 radical (unpaired) electrons. The molecule has 24 heavy (non-hydrogen) atoms. The van der Waals surface area contributed by atoms with E-state index in [1.165, 1.54) is 6.92 Å². The van der Waals surface area contributed by atoms with Gasteiger partial charge in [0.05, 0.1) is 12.7 Å². The summed E-state index contributed by atoms with van der Waals surface area (Å²) in [5.41, 5.74) is 0.283. The summed E-state index contributed by atoms with van der Waals surface area (Å²) in [6.45, 7) is 6.19. The van der Waals surface area contributed by atoms with Crippen molar-refractivity contribution in [2.75, 3.05) is 19.8 Å². The Bertz CT molecular complexity index is 554. The highest BCUT2D eigenvalue weighted by molar-refractivity contribution is 5.86. The highest BCUT2D eigenvalue weighted by Gasteiger charge is 2.08. The van der Waals surface area contributed by atoms with Crippen molar-refractivity contribution in [2.45, 2.75) is 32.7 Å². The van der Waals surface area contributed by atoms with Crippen LogP contribution in [0.1, 0.15) is 26.2 Å². The molecule has 8 heteroatoms. The van der Waals surface area contributed by atoms with Gasteiger partial charge in [0, 0.05) is 37.5 Å². The molecule has 0 spiro atoms. The zero-order valence-electron chi connectivity index (χ0n) is 13.8. The van der Waals surface area contributed by atoms with E-state index < -0.39 is 11.9 Å². The van der Waals surface area contributed by atoms with Crippen molar-refractivity contribution in [3.8, 4) is 0 Å². The number of rotatable bonds is 11.